The molecule has 1 N–H and O–H groups in total. The lowest BCUT2D eigenvalue weighted by Gasteiger charge is -2.39. The maximum atomic E-state index is 12.2. The summed E-state index contributed by atoms with van der Waals surface area (Å²) in [6.07, 6.45) is -0.111. The zero-order chi connectivity index (χ0) is 12.9. The monoisotopic (exact) mass is 245 g/mol. The number of benzene rings is 1. The second-order valence-corrected chi connectivity index (χ2v) is 5.15. The molecule has 1 aromatic rings. The van der Waals surface area contributed by atoms with Gasteiger partial charge in [-0.2, -0.15) is 0 Å². The molecule has 1 aromatic carbocycles. The number of fused-ring (bicyclic) bond motifs is 3. The first-order chi connectivity index (χ1) is 8.58. The van der Waals surface area contributed by atoms with Gasteiger partial charge >= 0.3 is 5.97 Å². The fraction of sp³-hybridized carbons (Fsp3) is 0.429. The molecule has 0 bridgehead atoms. The predicted molar refractivity (Wildman–Crippen MR) is 65.9 cm³/mol. The van der Waals surface area contributed by atoms with Crippen LogP contribution in [0.25, 0.3) is 0 Å². The number of anilines is 1. The van der Waals surface area contributed by atoms with Gasteiger partial charge < -0.3 is 10.1 Å². The van der Waals surface area contributed by atoms with Crippen LogP contribution < -0.4 is 5.32 Å². The first-order valence-electron chi connectivity index (χ1n) is 6.18. The van der Waals surface area contributed by atoms with Crippen LogP contribution in [0.15, 0.2) is 18.2 Å². The lowest BCUT2D eigenvalue weighted by molar-refractivity contribution is -0.165. The molecule has 1 fully saturated rings. The Morgan fingerprint density at radius 2 is 2.11 bits per heavy atom. The predicted octanol–water partition coefficient (Wildman–Crippen LogP) is 2.19. The van der Waals surface area contributed by atoms with Gasteiger partial charge in [-0.05, 0) is 18.4 Å². The number of aryl methyl sites for hydroxylation is 1. The van der Waals surface area contributed by atoms with Crippen molar-refractivity contribution in [3.63, 3.8) is 0 Å². The van der Waals surface area contributed by atoms with Gasteiger partial charge in [0.2, 0.25) is 5.91 Å². The molecule has 4 nitrogen and oxygen atoms in total. The topological polar surface area (TPSA) is 55.4 Å². The number of esters is 1. The van der Waals surface area contributed by atoms with Crippen molar-refractivity contribution in [2.45, 2.75) is 26.4 Å². The Labute approximate surface area is 105 Å². The Hall–Kier alpha value is -1.84. The maximum Gasteiger partial charge on any atom is 0.306 e. The number of rotatable bonds is 0. The van der Waals surface area contributed by atoms with Gasteiger partial charge in [-0.1, -0.05) is 25.1 Å². The fourth-order valence-electron chi connectivity index (χ4n) is 2.91. The zero-order valence-corrected chi connectivity index (χ0v) is 10.4. The van der Waals surface area contributed by atoms with E-state index in [-0.39, 0.29) is 23.7 Å². The van der Waals surface area contributed by atoms with Crippen LogP contribution in [0.5, 0.6) is 0 Å². The molecule has 0 aliphatic carbocycles. The summed E-state index contributed by atoms with van der Waals surface area (Å²) in [6.45, 7) is 3.87. The van der Waals surface area contributed by atoms with Crippen LogP contribution in [0.2, 0.25) is 0 Å². The van der Waals surface area contributed by atoms with Gasteiger partial charge in [-0.15, -0.1) is 0 Å². The molecule has 18 heavy (non-hydrogen) atoms. The Balaban J connectivity index is 2.12. The Morgan fingerprint density at radius 1 is 1.33 bits per heavy atom. The van der Waals surface area contributed by atoms with Crippen molar-refractivity contribution >= 4 is 17.6 Å². The average Bonchev–Trinajstić information content (AvgIpc) is 2.30. The van der Waals surface area contributed by atoms with E-state index in [0.29, 0.717) is 6.42 Å². The number of nitrogens with one attached hydrogen (secondary N) is 1. The number of para-hydroxylation sites is 1. The molecule has 2 heterocycles. The smallest absolute Gasteiger partial charge is 0.306 e. The maximum absolute atomic E-state index is 12.2. The molecular formula is C14H15NO3. The highest BCUT2D eigenvalue weighted by molar-refractivity contribution is 5.98. The third kappa shape index (κ3) is 1.52. The largest absolute Gasteiger partial charge is 0.457 e. The number of ether oxygens (including phenoxy) is 1. The number of carbonyl (C=O) groups excluding carboxylic acids is 2. The molecule has 0 unspecified atom stereocenters. The van der Waals surface area contributed by atoms with Crippen LogP contribution in [-0.2, 0) is 14.3 Å². The summed E-state index contributed by atoms with van der Waals surface area (Å²) < 4.78 is 5.41. The van der Waals surface area contributed by atoms with Crippen molar-refractivity contribution < 1.29 is 14.3 Å². The van der Waals surface area contributed by atoms with Crippen LogP contribution in [0.4, 0.5) is 5.69 Å². The van der Waals surface area contributed by atoms with Gasteiger partial charge in [-0.25, -0.2) is 0 Å². The fourth-order valence-corrected chi connectivity index (χ4v) is 2.91. The van der Waals surface area contributed by atoms with E-state index in [9.17, 15) is 9.59 Å². The first-order valence-corrected chi connectivity index (χ1v) is 6.18. The highest BCUT2D eigenvalue weighted by Crippen LogP contribution is 2.45. The van der Waals surface area contributed by atoms with Crippen molar-refractivity contribution in [3.05, 3.63) is 29.3 Å². The number of carbonyl (C=O) groups is 2. The third-order valence-corrected chi connectivity index (χ3v) is 3.85. The number of amides is 1. The second-order valence-electron chi connectivity index (χ2n) is 5.15. The van der Waals surface area contributed by atoms with Crippen LogP contribution in [-0.4, -0.2) is 11.9 Å². The molecule has 0 spiro atoms. The average molecular weight is 245 g/mol. The van der Waals surface area contributed by atoms with Crippen molar-refractivity contribution in [1.29, 1.82) is 0 Å². The van der Waals surface area contributed by atoms with Gasteiger partial charge in [0, 0.05) is 12.0 Å². The molecule has 2 aliphatic heterocycles. The Bertz CT molecular complexity index is 538. The summed E-state index contributed by atoms with van der Waals surface area (Å²) in [5.41, 5.74) is 2.71. The minimum absolute atomic E-state index is 0.0184. The van der Waals surface area contributed by atoms with E-state index in [0.717, 1.165) is 16.8 Å². The molecule has 4 heteroatoms. The molecule has 1 saturated heterocycles. The Kier molecular flexibility index (Phi) is 2.40. The minimum atomic E-state index is -0.426. The van der Waals surface area contributed by atoms with Crippen molar-refractivity contribution in [2.24, 2.45) is 11.8 Å². The molecule has 1 amide bonds. The quantitative estimate of drug-likeness (QED) is 0.713. The molecule has 2 aliphatic rings. The van der Waals surface area contributed by atoms with Crippen LogP contribution in [0.1, 0.15) is 30.6 Å². The molecule has 3 rings (SSSR count). The number of hydrogen-bond donors (Lipinski definition) is 1. The summed E-state index contributed by atoms with van der Waals surface area (Å²) in [5.74, 6) is -0.505. The van der Waals surface area contributed by atoms with Gasteiger partial charge in [-0.3, -0.25) is 9.59 Å². The highest BCUT2D eigenvalue weighted by Gasteiger charge is 2.45. The van der Waals surface area contributed by atoms with E-state index >= 15 is 0 Å². The highest BCUT2D eigenvalue weighted by atomic mass is 16.5. The molecule has 0 radical (unpaired) electrons. The molecular weight excluding hydrogens is 230 g/mol. The van der Waals surface area contributed by atoms with E-state index < -0.39 is 6.10 Å². The zero-order valence-electron chi connectivity index (χ0n) is 10.4. The summed E-state index contributed by atoms with van der Waals surface area (Å²) in [5, 5.41) is 2.94. The summed E-state index contributed by atoms with van der Waals surface area (Å²) in [7, 11) is 0. The summed E-state index contributed by atoms with van der Waals surface area (Å²) in [6, 6.07) is 5.79. The molecule has 3 atom stereocenters. The van der Waals surface area contributed by atoms with Crippen LogP contribution in [0.3, 0.4) is 0 Å². The van der Waals surface area contributed by atoms with Gasteiger partial charge in [0.25, 0.3) is 0 Å². The summed E-state index contributed by atoms with van der Waals surface area (Å²) >= 11 is 0. The van der Waals surface area contributed by atoms with Crippen LogP contribution in [0, 0.1) is 18.8 Å². The lowest BCUT2D eigenvalue weighted by atomic mass is 9.78. The van der Waals surface area contributed by atoms with Gasteiger partial charge in [0.05, 0.1) is 11.6 Å². The third-order valence-electron chi connectivity index (χ3n) is 3.85. The van der Waals surface area contributed by atoms with Gasteiger partial charge in [0.15, 0.2) is 0 Å². The van der Waals surface area contributed by atoms with E-state index in [1.165, 1.54) is 0 Å². The lowest BCUT2D eigenvalue weighted by Crippen LogP contribution is -2.43. The normalized spacial score (nSPS) is 30.0. The first kappa shape index (κ1) is 11.3. The Morgan fingerprint density at radius 3 is 2.89 bits per heavy atom. The van der Waals surface area contributed by atoms with E-state index in [2.05, 4.69) is 5.32 Å². The second kappa shape index (κ2) is 3.83. The SMILES string of the molecule is Cc1cccc2c1NC(=O)[C@H]1[C@@H](C)CC(=O)O[C@@H]21. The van der Waals surface area contributed by atoms with E-state index in [1.54, 1.807) is 0 Å². The summed E-state index contributed by atoms with van der Waals surface area (Å²) in [4.78, 5) is 23.7. The van der Waals surface area contributed by atoms with E-state index in [4.69, 9.17) is 4.74 Å². The molecule has 94 valence electrons. The van der Waals surface area contributed by atoms with Crippen molar-refractivity contribution in [3.8, 4) is 0 Å². The standard InChI is InChI=1S/C14H15NO3/c1-7-4-3-5-9-12(7)15-14(17)11-8(2)6-10(16)18-13(9)11/h3-5,8,11,13H,6H2,1-2H3,(H,15,17)/t8-,11-,13-/m0/s1. The van der Waals surface area contributed by atoms with Crippen molar-refractivity contribution in [2.75, 3.05) is 5.32 Å². The molecule has 0 saturated carbocycles. The number of hydrogen-bond acceptors (Lipinski definition) is 3. The molecule has 0 aromatic heterocycles. The minimum Gasteiger partial charge on any atom is -0.457 e. The van der Waals surface area contributed by atoms with Crippen LogP contribution >= 0.6 is 0 Å². The van der Waals surface area contributed by atoms with Gasteiger partial charge in [0.1, 0.15) is 6.10 Å². The van der Waals surface area contributed by atoms with E-state index in [1.807, 2.05) is 32.0 Å². The van der Waals surface area contributed by atoms with Crippen molar-refractivity contribution in [1.82, 2.24) is 0 Å².